The summed E-state index contributed by atoms with van der Waals surface area (Å²) in [7, 11) is 0. The van der Waals surface area contributed by atoms with E-state index in [-0.39, 0.29) is 0 Å². The number of hydrogen-bond acceptors (Lipinski definition) is 4. The van der Waals surface area contributed by atoms with Gasteiger partial charge in [0.05, 0.1) is 12.8 Å². The number of nitrogens with zero attached hydrogens (tertiary/aromatic N) is 2. The van der Waals surface area contributed by atoms with Crippen molar-refractivity contribution in [1.82, 2.24) is 15.2 Å². The first-order valence-corrected chi connectivity index (χ1v) is 7.78. The van der Waals surface area contributed by atoms with Crippen LogP contribution >= 0.6 is 0 Å². The van der Waals surface area contributed by atoms with Gasteiger partial charge in [0.1, 0.15) is 5.76 Å². The maximum atomic E-state index is 5.35. The van der Waals surface area contributed by atoms with Crippen LogP contribution in [0.15, 0.2) is 47.2 Å². The van der Waals surface area contributed by atoms with Crippen LogP contribution in [0.25, 0.3) is 0 Å². The summed E-state index contributed by atoms with van der Waals surface area (Å²) < 4.78 is 5.35. The molecule has 0 saturated carbocycles. The third-order valence-corrected chi connectivity index (χ3v) is 4.14. The lowest BCUT2D eigenvalue weighted by Gasteiger charge is -2.32. The van der Waals surface area contributed by atoms with E-state index in [1.54, 1.807) is 6.26 Å². The molecule has 1 aliphatic heterocycles. The first-order valence-electron chi connectivity index (χ1n) is 7.78. The second-order valence-corrected chi connectivity index (χ2v) is 5.65. The van der Waals surface area contributed by atoms with Gasteiger partial charge in [-0.15, -0.1) is 0 Å². The van der Waals surface area contributed by atoms with Gasteiger partial charge in [0.25, 0.3) is 0 Å². The molecule has 0 aliphatic carbocycles. The smallest absolute Gasteiger partial charge is 0.117 e. The molecule has 1 N–H and O–H groups in total. The lowest BCUT2D eigenvalue weighted by atomic mass is 10.0. The van der Waals surface area contributed by atoms with Crippen molar-refractivity contribution in [1.29, 1.82) is 0 Å². The summed E-state index contributed by atoms with van der Waals surface area (Å²) in [6.07, 6.45) is 7.08. The molecule has 2 aromatic heterocycles. The fourth-order valence-electron chi connectivity index (χ4n) is 2.84. The topological polar surface area (TPSA) is 41.3 Å². The first-order chi connectivity index (χ1) is 10.4. The third kappa shape index (κ3) is 4.41. The predicted octanol–water partition coefficient (Wildman–Crippen LogP) is 2.47. The van der Waals surface area contributed by atoms with Crippen molar-refractivity contribution in [3.63, 3.8) is 0 Å². The molecule has 0 spiro atoms. The zero-order valence-corrected chi connectivity index (χ0v) is 12.4. The van der Waals surface area contributed by atoms with E-state index < -0.39 is 0 Å². The van der Waals surface area contributed by atoms with Crippen LogP contribution in [0.5, 0.6) is 0 Å². The second kappa shape index (κ2) is 7.38. The molecule has 1 fully saturated rings. The van der Waals surface area contributed by atoms with Gasteiger partial charge in [0.15, 0.2) is 0 Å². The van der Waals surface area contributed by atoms with E-state index in [0.717, 1.165) is 25.3 Å². The van der Waals surface area contributed by atoms with Gasteiger partial charge < -0.3 is 14.6 Å². The Labute approximate surface area is 126 Å². The average Bonchev–Trinajstić information content (AvgIpc) is 3.06. The van der Waals surface area contributed by atoms with Crippen LogP contribution in [0.2, 0.25) is 0 Å². The molecule has 4 nitrogen and oxygen atoms in total. The lowest BCUT2D eigenvalue weighted by Crippen LogP contribution is -2.42. The largest absolute Gasteiger partial charge is 0.468 e. The van der Waals surface area contributed by atoms with Gasteiger partial charge >= 0.3 is 0 Å². The quantitative estimate of drug-likeness (QED) is 0.885. The molecule has 1 saturated heterocycles. The van der Waals surface area contributed by atoms with E-state index in [2.05, 4.69) is 27.3 Å². The van der Waals surface area contributed by atoms with Gasteiger partial charge in [-0.25, -0.2) is 0 Å². The Kier molecular flexibility index (Phi) is 5.03. The number of rotatable bonds is 6. The molecule has 0 aromatic carbocycles. The fourth-order valence-corrected chi connectivity index (χ4v) is 2.84. The number of hydrogen-bond donors (Lipinski definition) is 1. The van der Waals surface area contributed by atoms with Crippen LogP contribution < -0.4 is 5.32 Å². The van der Waals surface area contributed by atoms with Crippen LogP contribution in [0, 0.1) is 0 Å². The highest BCUT2D eigenvalue weighted by molar-refractivity contribution is 5.04. The monoisotopic (exact) mass is 285 g/mol. The van der Waals surface area contributed by atoms with E-state index in [0.29, 0.717) is 6.04 Å². The van der Waals surface area contributed by atoms with Crippen molar-refractivity contribution in [2.75, 3.05) is 19.6 Å². The highest BCUT2D eigenvalue weighted by Gasteiger charge is 2.18. The van der Waals surface area contributed by atoms with Gasteiger partial charge in [-0.2, -0.15) is 0 Å². The average molecular weight is 285 g/mol. The molecule has 0 atom stereocenters. The minimum absolute atomic E-state index is 0.612. The summed E-state index contributed by atoms with van der Waals surface area (Å²) in [6, 6.07) is 10.7. The molecule has 21 heavy (non-hydrogen) atoms. The highest BCUT2D eigenvalue weighted by atomic mass is 16.3. The van der Waals surface area contributed by atoms with Gasteiger partial charge in [-0.1, -0.05) is 6.07 Å². The van der Waals surface area contributed by atoms with Gasteiger partial charge in [0.2, 0.25) is 0 Å². The Morgan fingerprint density at radius 3 is 2.81 bits per heavy atom. The summed E-state index contributed by atoms with van der Waals surface area (Å²) in [6.45, 7) is 4.29. The third-order valence-electron chi connectivity index (χ3n) is 4.14. The summed E-state index contributed by atoms with van der Waals surface area (Å²) in [5, 5.41) is 3.59. The van der Waals surface area contributed by atoms with Gasteiger partial charge in [0, 0.05) is 30.9 Å². The van der Waals surface area contributed by atoms with E-state index in [1.807, 2.05) is 24.4 Å². The Morgan fingerprint density at radius 1 is 1.19 bits per heavy atom. The van der Waals surface area contributed by atoms with Crippen LogP contribution in [0.1, 0.15) is 24.3 Å². The minimum atomic E-state index is 0.612. The highest BCUT2D eigenvalue weighted by Crippen LogP contribution is 2.12. The van der Waals surface area contributed by atoms with Crippen molar-refractivity contribution in [2.45, 2.75) is 31.8 Å². The first kappa shape index (κ1) is 14.3. The normalized spacial score (nSPS) is 17.1. The molecule has 0 bridgehead atoms. The van der Waals surface area contributed by atoms with Crippen LogP contribution in [0.3, 0.4) is 0 Å². The van der Waals surface area contributed by atoms with Gasteiger partial charge in [-0.3, -0.25) is 4.98 Å². The van der Waals surface area contributed by atoms with E-state index in [1.165, 1.54) is 31.6 Å². The molecule has 1 aliphatic rings. The van der Waals surface area contributed by atoms with E-state index in [4.69, 9.17) is 4.42 Å². The second-order valence-electron chi connectivity index (χ2n) is 5.65. The molecule has 0 unspecified atom stereocenters. The fraction of sp³-hybridized carbons (Fsp3) is 0.471. The number of furan rings is 1. The maximum Gasteiger partial charge on any atom is 0.117 e. The number of aromatic nitrogens is 1. The number of pyridine rings is 1. The standard InChI is InChI=1S/C17H23N3O/c1-2-9-18-15(4-1)6-10-20-11-7-16(8-12-20)19-14-17-5-3-13-21-17/h1-5,9,13,16,19H,6-8,10-12,14H2. The summed E-state index contributed by atoms with van der Waals surface area (Å²) >= 11 is 0. The maximum absolute atomic E-state index is 5.35. The molecule has 3 heterocycles. The van der Waals surface area contributed by atoms with Crippen LogP contribution in [-0.4, -0.2) is 35.6 Å². The Balaban J connectivity index is 1.35. The molecule has 0 amide bonds. The Morgan fingerprint density at radius 2 is 2.10 bits per heavy atom. The van der Waals surface area contributed by atoms with Crippen molar-refractivity contribution in [3.05, 3.63) is 54.2 Å². The molecule has 112 valence electrons. The molecular weight excluding hydrogens is 262 g/mol. The van der Waals surface area contributed by atoms with Gasteiger partial charge in [-0.05, 0) is 50.2 Å². The number of nitrogens with one attached hydrogen (secondary N) is 1. The van der Waals surface area contributed by atoms with Crippen molar-refractivity contribution >= 4 is 0 Å². The molecule has 4 heteroatoms. The predicted molar refractivity (Wildman–Crippen MR) is 83.0 cm³/mol. The molecule has 3 rings (SSSR count). The van der Waals surface area contributed by atoms with Crippen LogP contribution in [-0.2, 0) is 13.0 Å². The summed E-state index contributed by atoms with van der Waals surface area (Å²) in [4.78, 5) is 6.93. The SMILES string of the molecule is c1ccc(CCN2CCC(NCc3ccco3)CC2)nc1. The lowest BCUT2D eigenvalue weighted by molar-refractivity contribution is 0.197. The van der Waals surface area contributed by atoms with Crippen LogP contribution in [0.4, 0.5) is 0 Å². The number of piperidine rings is 1. The van der Waals surface area contributed by atoms with Crippen molar-refractivity contribution in [2.24, 2.45) is 0 Å². The zero-order chi connectivity index (χ0) is 14.3. The minimum Gasteiger partial charge on any atom is -0.468 e. The molecule has 2 aromatic rings. The molecule has 0 radical (unpaired) electrons. The Bertz CT molecular complexity index is 504. The van der Waals surface area contributed by atoms with E-state index >= 15 is 0 Å². The summed E-state index contributed by atoms with van der Waals surface area (Å²) in [5.74, 6) is 1.02. The van der Waals surface area contributed by atoms with Crippen molar-refractivity contribution in [3.8, 4) is 0 Å². The Hall–Kier alpha value is -1.65. The van der Waals surface area contributed by atoms with E-state index in [9.17, 15) is 0 Å². The van der Waals surface area contributed by atoms with Crippen molar-refractivity contribution < 1.29 is 4.42 Å². The summed E-state index contributed by atoms with van der Waals surface area (Å²) in [5.41, 5.74) is 1.19. The zero-order valence-electron chi connectivity index (χ0n) is 12.4. The molecular formula is C17H23N3O. The number of likely N-dealkylation sites (tertiary alicyclic amines) is 1.